The maximum atomic E-state index is 14.0. The third kappa shape index (κ3) is 3.62. The first-order chi connectivity index (χ1) is 10.6. The lowest BCUT2D eigenvalue weighted by molar-refractivity contribution is 0.0522. The fraction of sp³-hybridized carbons (Fsp3) is 0.250. The molecule has 6 heteroatoms. The number of hydrogen-bond donors (Lipinski definition) is 0. The number of carbonyl (C=O) groups is 1. The largest absolute Gasteiger partial charge is 0.462 e. The number of hydrogen-bond acceptors (Lipinski definition) is 4. The van der Waals surface area contributed by atoms with Crippen molar-refractivity contribution in [2.75, 3.05) is 6.61 Å². The fourth-order valence-corrected chi connectivity index (χ4v) is 2.36. The molecule has 1 aliphatic rings. The van der Waals surface area contributed by atoms with Gasteiger partial charge < -0.3 is 9.47 Å². The first-order valence-electron chi connectivity index (χ1n) is 6.74. The number of aromatic nitrogens is 1. The van der Waals surface area contributed by atoms with Gasteiger partial charge in [0.2, 0.25) is 5.88 Å². The van der Waals surface area contributed by atoms with Crippen molar-refractivity contribution in [2.24, 2.45) is 0 Å². The van der Waals surface area contributed by atoms with E-state index in [-0.39, 0.29) is 35.1 Å². The lowest BCUT2D eigenvalue weighted by Crippen LogP contribution is -2.12. The van der Waals surface area contributed by atoms with Crippen LogP contribution in [0.2, 0.25) is 0 Å². The fourth-order valence-electron chi connectivity index (χ4n) is 1.93. The predicted octanol–water partition coefficient (Wildman–Crippen LogP) is 4.18. The van der Waals surface area contributed by atoms with Crippen LogP contribution < -0.4 is 4.74 Å². The molecular formula is C16H15BrFNO3. The molecular weight excluding hydrogens is 353 g/mol. The predicted molar refractivity (Wildman–Crippen MR) is 85.5 cm³/mol. The van der Waals surface area contributed by atoms with Crippen LogP contribution in [0.25, 0.3) is 6.08 Å². The molecule has 22 heavy (non-hydrogen) atoms. The summed E-state index contributed by atoms with van der Waals surface area (Å²) < 4.78 is 24.5. The molecule has 0 radical (unpaired) electrons. The van der Waals surface area contributed by atoms with Gasteiger partial charge in [-0.15, -0.1) is 0 Å². The first kappa shape index (κ1) is 16.4. The molecule has 0 aromatic carbocycles. The standard InChI is InChI=1S/C16H15BrFNO3/c1-3-10-7-8-19-15(14(10)16(20)21-4-2)22-13-6-5-11(17)9-12(13)18/h3,5-8,11H,1,4,9H2,2H3. The number of nitrogens with zero attached hydrogens (tertiary/aromatic N) is 1. The van der Waals surface area contributed by atoms with Crippen molar-refractivity contribution >= 4 is 28.0 Å². The minimum absolute atomic E-state index is 0.00123. The molecule has 1 aliphatic carbocycles. The van der Waals surface area contributed by atoms with Crippen LogP contribution >= 0.6 is 15.9 Å². The summed E-state index contributed by atoms with van der Waals surface area (Å²) >= 11 is 3.30. The van der Waals surface area contributed by atoms with Gasteiger partial charge >= 0.3 is 5.97 Å². The van der Waals surface area contributed by atoms with Crippen LogP contribution in [0.1, 0.15) is 29.3 Å². The van der Waals surface area contributed by atoms with E-state index in [2.05, 4.69) is 27.5 Å². The Morgan fingerprint density at radius 1 is 1.64 bits per heavy atom. The monoisotopic (exact) mass is 367 g/mol. The SMILES string of the molecule is C=Cc1ccnc(OC2=C(F)CC(Br)C=C2)c1C(=O)OCC. The zero-order valence-electron chi connectivity index (χ0n) is 12.0. The van der Waals surface area contributed by atoms with Gasteiger partial charge in [0.1, 0.15) is 11.4 Å². The van der Waals surface area contributed by atoms with Crippen LogP contribution in [0.15, 0.2) is 42.6 Å². The maximum Gasteiger partial charge on any atom is 0.344 e. The Labute approximate surface area is 136 Å². The zero-order valence-corrected chi connectivity index (χ0v) is 13.6. The summed E-state index contributed by atoms with van der Waals surface area (Å²) in [6.07, 6.45) is 6.42. The molecule has 0 saturated heterocycles. The van der Waals surface area contributed by atoms with Gasteiger partial charge in [-0.1, -0.05) is 34.7 Å². The van der Waals surface area contributed by atoms with Crippen LogP contribution in [0.3, 0.4) is 0 Å². The molecule has 1 aromatic heterocycles. The van der Waals surface area contributed by atoms with Crippen LogP contribution in [0.5, 0.6) is 5.88 Å². The van der Waals surface area contributed by atoms with E-state index in [1.54, 1.807) is 19.1 Å². The summed E-state index contributed by atoms with van der Waals surface area (Å²) in [5, 5.41) is 0. The highest BCUT2D eigenvalue weighted by atomic mass is 79.9. The molecule has 0 saturated carbocycles. The van der Waals surface area contributed by atoms with Gasteiger partial charge in [0, 0.05) is 17.4 Å². The van der Waals surface area contributed by atoms with Crippen molar-refractivity contribution in [2.45, 2.75) is 18.2 Å². The summed E-state index contributed by atoms with van der Waals surface area (Å²) in [4.78, 5) is 16.0. The number of esters is 1. The minimum atomic E-state index is -0.584. The van der Waals surface area contributed by atoms with Gasteiger partial charge in [-0.25, -0.2) is 14.2 Å². The second-order valence-corrected chi connectivity index (χ2v) is 5.63. The summed E-state index contributed by atoms with van der Waals surface area (Å²) in [5.74, 6) is -0.960. The van der Waals surface area contributed by atoms with E-state index in [1.165, 1.54) is 18.3 Å². The van der Waals surface area contributed by atoms with Gasteiger partial charge in [-0.2, -0.15) is 0 Å². The second-order valence-electron chi connectivity index (χ2n) is 4.46. The lowest BCUT2D eigenvalue weighted by Gasteiger charge is -2.16. The minimum Gasteiger partial charge on any atom is -0.462 e. The molecule has 0 spiro atoms. The smallest absolute Gasteiger partial charge is 0.344 e. The van der Waals surface area contributed by atoms with Crippen LogP contribution in [0, 0.1) is 0 Å². The van der Waals surface area contributed by atoms with E-state index >= 15 is 0 Å². The van der Waals surface area contributed by atoms with Gasteiger partial charge in [0.15, 0.2) is 5.76 Å². The Hall–Kier alpha value is -1.95. The van der Waals surface area contributed by atoms with E-state index in [4.69, 9.17) is 9.47 Å². The van der Waals surface area contributed by atoms with E-state index < -0.39 is 11.8 Å². The zero-order chi connectivity index (χ0) is 16.1. The molecule has 2 rings (SSSR count). The second kappa shape index (κ2) is 7.35. The first-order valence-corrected chi connectivity index (χ1v) is 7.65. The number of ether oxygens (including phenoxy) is 2. The third-order valence-electron chi connectivity index (χ3n) is 2.95. The molecule has 0 fully saturated rings. The number of alkyl halides is 1. The maximum absolute atomic E-state index is 14.0. The molecule has 1 unspecified atom stereocenters. The van der Waals surface area contributed by atoms with Gasteiger partial charge in [0.25, 0.3) is 0 Å². The molecule has 0 amide bonds. The number of halogens is 2. The molecule has 1 atom stereocenters. The Bertz CT molecular complexity index is 655. The van der Waals surface area contributed by atoms with Crippen molar-refractivity contribution in [3.8, 4) is 5.88 Å². The van der Waals surface area contributed by atoms with Gasteiger partial charge in [-0.05, 0) is 24.6 Å². The van der Waals surface area contributed by atoms with E-state index in [1.807, 2.05) is 0 Å². The van der Waals surface area contributed by atoms with Crippen LogP contribution in [-0.2, 0) is 4.74 Å². The normalized spacial score (nSPS) is 17.3. The van der Waals surface area contributed by atoms with E-state index in [0.717, 1.165) is 0 Å². The quantitative estimate of drug-likeness (QED) is 0.578. The molecule has 1 heterocycles. The van der Waals surface area contributed by atoms with Crippen molar-refractivity contribution in [3.63, 3.8) is 0 Å². The third-order valence-corrected chi connectivity index (χ3v) is 3.58. The lowest BCUT2D eigenvalue weighted by atomic mass is 10.1. The number of rotatable bonds is 5. The summed E-state index contributed by atoms with van der Waals surface area (Å²) in [7, 11) is 0. The Balaban J connectivity index is 2.39. The van der Waals surface area contributed by atoms with Crippen molar-refractivity contribution < 1.29 is 18.7 Å². The number of allylic oxidation sites excluding steroid dienone is 3. The highest BCUT2D eigenvalue weighted by Gasteiger charge is 2.22. The summed E-state index contributed by atoms with van der Waals surface area (Å²) in [5.41, 5.74) is 0.650. The summed E-state index contributed by atoms with van der Waals surface area (Å²) in [6.45, 7) is 5.56. The average molecular weight is 368 g/mol. The molecule has 116 valence electrons. The average Bonchev–Trinajstić information content (AvgIpc) is 2.50. The topological polar surface area (TPSA) is 48.4 Å². The number of pyridine rings is 1. The van der Waals surface area contributed by atoms with Gasteiger partial charge in [0.05, 0.1) is 6.61 Å². The molecule has 0 aliphatic heterocycles. The number of carbonyl (C=O) groups excluding carboxylic acids is 1. The van der Waals surface area contributed by atoms with Crippen molar-refractivity contribution in [1.29, 1.82) is 0 Å². The van der Waals surface area contributed by atoms with Crippen molar-refractivity contribution in [3.05, 3.63) is 53.7 Å². The Kier molecular flexibility index (Phi) is 5.49. The van der Waals surface area contributed by atoms with E-state index in [9.17, 15) is 9.18 Å². The summed E-state index contributed by atoms with van der Waals surface area (Å²) in [6, 6.07) is 1.61. The molecule has 0 bridgehead atoms. The van der Waals surface area contributed by atoms with Gasteiger partial charge in [-0.3, -0.25) is 0 Å². The molecule has 0 N–H and O–H groups in total. The Morgan fingerprint density at radius 3 is 3.05 bits per heavy atom. The van der Waals surface area contributed by atoms with Crippen molar-refractivity contribution in [1.82, 2.24) is 4.98 Å². The highest BCUT2D eigenvalue weighted by molar-refractivity contribution is 9.09. The van der Waals surface area contributed by atoms with E-state index in [0.29, 0.717) is 5.56 Å². The molecule has 1 aromatic rings. The Morgan fingerprint density at radius 2 is 2.41 bits per heavy atom. The van der Waals surface area contributed by atoms with Crippen LogP contribution in [-0.4, -0.2) is 22.4 Å². The highest BCUT2D eigenvalue weighted by Crippen LogP contribution is 2.29. The molecule has 4 nitrogen and oxygen atoms in total. The van der Waals surface area contributed by atoms with Crippen LogP contribution in [0.4, 0.5) is 4.39 Å².